The maximum Gasteiger partial charge on any atom is 0.214 e. The molecule has 0 aliphatic rings. The maximum atomic E-state index is 6.20. The summed E-state index contributed by atoms with van der Waals surface area (Å²) in [6, 6.07) is 9.06. The van der Waals surface area contributed by atoms with Crippen LogP contribution in [0.1, 0.15) is 11.1 Å². The van der Waals surface area contributed by atoms with Gasteiger partial charge in [0.25, 0.3) is 0 Å². The zero-order chi connectivity index (χ0) is 19.4. The number of nitrogens with zero attached hydrogens (tertiary/aromatic N) is 2. The highest BCUT2D eigenvalue weighted by Gasteiger charge is 2.13. The number of benzene rings is 2. The predicted molar refractivity (Wildman–Crippen MR) is 112 cm³/mol. The van der Waals surface area contributed by atoms with E-state index in [1.165, 1.54) is 0 Å². The van der Waals surface area contributed by atoms with Crippen LogP contribution in [0.15, 0.2) is 41.1 Å². The quantitative estimate of drug-likeness (QED) is 0.438. The molecular formula is C17H15BrCl2N4O2S. The van der Waals surface area contributed by atoms with Gasteiger partial charge in [-0.1, -0.05) is 45.2 Å². The van der Waals surface area contributed by atoms with Crippen LogP contribution in [0, 0.1) is 4.77 Å². The number of hydrogen-bond donors (Lipinski definition) is 2. The Morgan fingerprint density at radius 2 is 2.00 bits per heavy atom. The smallest absolute Gasteiger partial charge is 0.214 e. The average molecular weight is 490 g/mol. The van der Waals surface area contributed by atoms with E-state index in [4.69, 9.17) is 44.9 Å². The van der Waals surface area contributed by atoms with Gasteiger partial charge in [0.1, 0.15) is 12.9 Å². The normalized spacial score (nSPS) is 10.7. The number of aromatic nitrogens is 3. The molecule has 3 aromatic rings. The van der Waals surface area contributed by atoms with Crippen LogP contribution in [-0.2, 0) is 13.2 Å². The molecule has 10 heteroatoms. The molecule has 27 heavy (non-hydrogen) atoms. The molecule has 0 amide bonds. The molecule has 0 spiro atoms. The number of nitrogens with one attached hydrogen (secondary N) is 2. The summed E-state index contributed by atoms with van der Waals surface area (Å²) in [5.41, 5.74) is 4.83. The zero-order valence-corrected chi connectivity index (χ0v) is 18.0. The summed E-state index contributed by atoms with van der Waals surface area (Å²) < 4.78 is 14.3. The third-order valence-electron chi connectivity index (χ3n) is 3.76. The van der Waals surface area contributed by atoms with Gasteiger partial charge in [0.2, 0.25) is 4.77 Å². The number of rotatable bonds is 7. The Balaban J connectivity index is 1.77. The topological polar surface area (TPSA) is 64.1 Å². The molecule has 0 atom stereocenters. The Morgan fingerprint density at radius 1 is 1.26 bits per heavy atom. The number of ether oxygens (including phenoxy) is 2. The standard InChI is InChI=1S/C17H15BrCl2N4O2S/c1-25-15-5-10(7-22-24-9-21-23-17(24)27)12(18)6-16(15)26-8-11-13(19)3-2-4-14(11)20/h2-6,9,22H,7-8H2,1H3,(H,23,27). The van der Waals surface area contributed by atoms with Crippen LogP contribution in [0.5, 0.6) is 11.5 Å². The summed E-state index contributed by atoms with van der Waals surface area (Å²) in [6.07, 6.45) is 1.57. The monoisotopic (exact) mass is 488 g/mol. The predicted octanol–water partition coefficient (Wildman–Crippen LogP) is 5.34. The van der Waals surface area contributed by atoms with Crippen molar-refractivity contribution in [1.29, 1.82) is 0 Å². The van der Waals surface area contributed by atoms with E-state index < -0.39 is 0 Å². The van der Waals surface area contributed by atoms with Gasteiger partial charge in [-0.25, -0.2) is 4.68 Å². The molecule has 0 saturated carbocycles. The van der Waals surface area contributed by atoms with Crippen LogP contribution in [0.25, 0.3) is 0 Å². The largest absolute Gasteiger partial charge is 0.493 e. The van der Waals surface area contributed by atoms with Gasteiger partial charge in [-0.15, -0.1) is 0 Å². The second kappa shape index (κ2) is 8.97. The number of aromatic amines is 1. The fraction of sp³-hybridized carbons (Fsp3) is 0.176. The van der Waals surface area contributed by atoms with Crippen LogP contribution in [-0.4, -0.2) is 22.0 Å². The Hall–Kier alpha value is -1.74. The minimum absolute atomic E-state index is 0.225. The Morgan fingerprint density at radius 3 is 2.63 bits per heavy atom. The molecule has 3 rings (SSSR count). The molecule has 2 N–H and O–H groups in total. The second-order valence-electron chi connectivity index (χ2n) is 5.45. The fourth-order valence-corrected chi connectivity index (χ4v) is 3.47. The van der Waals surface area contributed by atoms with E-state index in [1.54, 1.807) is 36.3 Å². The lowest BCUT2D eigenvalue weighted by atomic mass is 10.2. The lowest BCUT2D eigenvalue weighted by Crippen LogP contribution is -2.14. The Kier molecular flexibility index (Phi) is 6.64. The second-order valence-corrected chi connectivity index (χ2v) is 7.51. The Labute approximate surface area is 179 Å². The van der Waals surface area contributed by atoms with Gasteiger partial charge >= 0.3 is 0 Å². The van der Waals surface area contributed by atoms with Gasteiger partial charge in [0.15, 0.2) is 11.5 Å². The first-order valence-electron chi connectivity index (χ1n) is 7.77. The first kappa shape index (κ1) is 20.0. The molecular weight excluding hydrogens is 475 g/mol. The molecule has 0 bridgehead atoms. The molecule has 1 heterocycles. The van der Waals surface area contributed by atoms with Crippen LogP contribution in [0.3, 0.4) is 0 Å². The fourth-order valence-electron chi connectivity index (χ4n) is 2.34. The number of halogens is 3. The maximum absolute atomic E-state index is 6.20. The van der Waals surface area contributed by atoms with E-state index in [-0.39, 0.29) is 6.61 Å². The van der Waals surface area contributed by atoms with Crippen LogP contribution < -0.4 is 14.9 Å². The summed E-state index contributed by atoms with van der Waals surface area (Å²) in [5, 5.41) is 7.65. The summed E-state index contributed by atoms with van der Waals surface area (Å²) in [6.45, 7) is 0.727. The first-order valence-corrected chi connectivity index (χ1v) is 9.73. The van der Waals surface area contributed by atoms with E-state index in [9.17, 15) is 0 Å². The van der Waals surface area contributed by atoms with E-state index >= 15 is 0 Å². The molecule has 0 aliphatic carbocycles. The van der Waals surface area contributed by atoms with E-state index in [1.807, 2.05) is 12.1 Å². The SMILES string of the molecule is COc1cc(CNn2cn[nH]c2=S)c(Br)cc1OCc1c(Cl)cccc1Cl. The van der Waals surface area contributed by atoms with E-state index in [2.05, 4.69) is 31.6 Å². The van der Waals surface area contributed by atoms with Gasteiger partial charge in [0, 0.05) is 20.1 Å². The molecule has 0 saturated heterocycles. The van der Waals surface area contributed by atoms with Crippen molar-refractivity contribution in [1.82, 2.24) is 14.9 Å². The van der Waals surface area contributed by atoms with Crippen LogP contribution in [0.2, 0.25) is 10.0 Å². The number of H-pyrrole nitrogens is 1. The highest BCUT2D eigenvalue weighted by Crippen LogP contribution is 2.35. The third kappa shape index (κ3) is 4.76. The molecule has 0 radical (unpaired) electrons. The van der Waals surface area contributed by atoms with Crippen molar-refractivity contribution in [3.8, 4) is 11.5 Å². The zero-order valence-electron chi connectivity index (χ0n) is 14.1. The summed E-state index contributed by atoms with van der Waals surface area (Å²) in [7, 11) is 1.59. The summed E-state index contributed by atoms with van der Waals surface area (Å²) in [4.78, 5) is 0. The van der Waals surface area contributed by atoms with E-state index in [0.717, 1.165) is 15.6 Å². The van der Waals surface area contributed by atoms with Crippen molar-refractivity contribution in [2.24, 2.45) is 0 Å². The van der Waals surface area contributed by atoms with Gasteiger partial charge in [0.05, 0.1) is 13.7 Å². The highest BCUT2D eigenvalue weighted by molar-refractivity contribution is 9.10. The average Bonchev–Trinajstić information content (AvgIpc) is 3.05. The Bertz CT molecular complexity index is 989. The van der Waals surface area contributed by atoms with Gasteiger partial charge < -0.3 is 14.9 Å². The molecule has 0 aliphatic heterocycles. The van der Waals surface area contributed by atoms with Crippen molar-refractivity contribution in [2.45, 2.75) is 13.2 Å². The van der Waals surface area contributed by atoms with Crippen LogP contribution >= 0.6 is 51.3 Å². The molecule has 0 fully saturated rings. The van der Waals surface area contributed by atoms with Crippen LogP contribution in [0.4, 0.5) is 0 Å². The molecule has 1 aromatic heterocycles. The van der Waals surface area contributed by atoms with Gasteiger partial charge in [-0.2, -0.15) is 5.10 Å². The van der Waals surface area contributed by atoms with Crippen molar-refractivity contribution in [3.63, 3.8) is 0 Å². The lowest BCUT2D eigenvalue weighted by molar-refractivity contribution is 0.284. The number of methoxy groups -OCH3 is 1. The lowest BCUT2D eigenvalue weighted by Gasteiger charge is -2.15. The van der Waals surface area contributed by atoms with E-state index in [0.29, 0.717) is 32.9 Å². The minimum Gasteiger partial charge on any atom is -0.493 e. The van der Waals surface area contributed by atoms with Crippen molar-refractivity contribution < 1.29 is 9.47 Å². The summed E-state index contributed by atoms with van der Waals surface area (Å²) in [5.74, 6) is 1.16. The van der Waals surface area contributed by atoms with Crippen molar-refractivity contribution in [3.05, 3.63) is 67.1 Å². The minimum atomic E-state index is 0.225. The third-order valence-corrected chi connectivity index (χ3v) is 5.49. The van der Waals surface area contributed by atoms with Gasteiger partial charge in [-0.05, 0) is 42.0 Å². The molecule has 0 unspecified atom stereocenters. The van der Waals surface area contributed by atoms with Gasteiger partial charge in [-0.3, -0.25) is 5.10 Å². The first-order chi connectivity index (χ1) is 13.0. The highest BCUT2D eigenvalue weighted by atomic mass is 79.9. The van der Waals surface area contributed by atoms with Crippen molar-refractivity contribution in [2.75, 3.05) is 12.5 Å². The summed E-state index contributed by atoms with van der Waals surface area (Å²) >= 11 is 21.1. The molecule has 6 nitrogen and oxygen atoms in total. The molecule has 142 valence electrons. The molecule has 2 aromatic carbocycles. The van der Waals surface area contributed by atoms with Crippen molar-refractivity contribution >= 4 is 51.3 Å². The number of hydrogen-bond acceptors (Lipinski definition) is 5.